The van der Waals surface area contributed by atoms with Gasteiger partial charge in [0.1, 0.15) is 0 Å². The van der Waals surface area contributed by atoms with Crippen molar-refractivity contribution in [3.63, 3.8) is 0 Å². The number of hydrogen-bond acceptors (Lipinski definition) is 3. The largest absolute Gasteiger partial charge is 0.481 e. The van der Waals surface area contributed by atoms with E-state index in [9.17, 15) is 9.59 Å². The van der Waals surface area contributed by atoms with Crippen LogP contribution < -0.4 is 11.1 Å². The van der Waals surface area contributed by atoms with Crippen LogP contribution in [-0.2, 0) is 9.59 Å². The number of rotatable bonds is 6. The molecule has 0 bridgehead atoms. The molecule has 0 saturated heterocycles. The summed E-state index contributed by atoms with van der Waals surface area (Å²) in [6.45, 7) is 7.85. The van der Waals surface area contributed by atoms with Crippen LogP contribution in [0.25, 0.3) is 0 Å². The number of aliphatic carboxylic acids is 1. The van der Waals surface area contributed by atoms with Crippen LogP contribution in [0.2, 0.25) is 0 Å². The topological polar surface area (TPSA) is 92.4 Å². The van der Waals surface area contributed by atoms with Gasteiger partial charge in [-0.3, -0.25) is 9.59 Å². The molecule has 17 heavy (non-hydrogen) atoms. The summed E-state index contributed by atoms with van der Waals surface area (Å²) in [4.78, 5) is 22.2. The Kier molecular flexibility index (Phi) is 6.16. The monoisotopic (exact) mass is 244 g/mol. The Balaban J connectivity index is 3.84. The predicted octanol–water partition coefficient (Wildman–Crippen LogP) is 0.977. The van der Waals surface area contributed by atoms with Crippen LogP contribution in [0, 0.1) is 11.3 Å². The minimum Gasteiger partial charge on any atom is -0.481 e. The van der Waals surface area contributed by atoms with Crippen molar-refractivity contribution in [3.8, 4) is 0 Å². The summed E-state index contributed by atoms with van der Waals surface area (Å²) < 4.78 is 0. The fraction of sp³-hybridized carbons (Fsp3) is 0.833. The van der Waals surface area contributed by atoms with Gasteiger partial charge in [0.15, 0.2) is 0 Å². The molecular formula is C12H24N2O3. The van der Waals surface area contributed by atoms with Crippen molar-refractivity contribution in [3.05, 3.63) is 0 Å². The molecule has 0 aliphatic heterocycles. The van der Waals surface area contributed by atoms with E-state index < -0.39 is 12.0 Å². The summed E-state index contributed by atoms with van der Waals surface area (Å²) in [6.07, 6.45) is 1.20. The molecule has 4 N–H and O–H groups in total. The first-order chi connectivity index (χ1) is 7.66. The number of carbonyl (C=O) groups is 2. The molecule has 2 atom stereocenters. The minimum atomic E-state index is -0.803. The number of carboxylic acids is 1. The van der Waals surface area contributed by atoms with E-state index in [-0.39, 0.29) is 17.2 Å². The number of carbonyl (C=O) groups excluding carboxylic acids is 1. The average Bonchev–Trinajstić information content (AvgIpc) is 2.20. The summed E-state index contributed by atoms with van der Waals surface area (Å²) in [6, 6.07) is -0.542. The van der Waals surface area contributed by atoms with Gasteiger partial charge in [-0.1, -0.05) is 27.7 Å². The van der Waals surface area contributed by atoms with Gasteiger partial charge >= 0.3 is 5.97 Å². The van der Waals surface area contributed by atoms with Crippen molar-refractivity contribution in [2.75, 3.05) is 6.54 Å². The van der Waals surface area contributed by atoms with Crippen LogP contribution in [0.4, 0.5) is 0 Å². The van der Waals surface area contributed by atoms with Crippen molar-refractivity contribution in [2.24, 2.45) is 17.1 Å². The zero-order valence-electron chi connectivity index (χ0n) is 11.1. The van der Waals surface area contributed by atoms with Gasteiger partial charge in [0.2, 0.25) is 5.91 Å². The molecule has 100 valence electrons. The summed E-state index contributed by atoms with van der Waals surface area (Å²) in [5, 5.41) is 11.4. The van der Waals surface area contributed by atoms with Gasteiger partial charge in [-0.15, -0.1) is 0 Å². The summed E-state index contributed by atoms with van der Waals surface area (Å²) in [7, 11) is 0. The molecule has 0 aromatic rings. The van der Waals surface area contributed by atoms with Crippen LogP contribution in [0.1, 0.15) is 40.5 Å². The molecule has 0 heterocycles. The molecule has 0 rings (SSSR count). The van der Waals surface area contributed by atoms with Crippen molar-refractivity contribution in [1.82, 2.24) is 5.32 Å². The van der Waals surface area contributed by atoms with E-state index in [0.717, 1.165) is 0 Å². The normalized spacial score (nSPS) is 15.1. The number of carboxylic acid groups (broad SMARTS) is 1. The zero-order valence-corrected chi connectivity index (χ0v) is 11.1. The second-order valence-electron chi connectivity index (χ2n) is 5.52. The smallest absolute Gasteiger partial charge is 0.306 e. The molecule has 0 aromatic carbocycles. The Morgan fingerprint density at radius 2 is 1.88 bits per heavy atom. The third kappa shape index (κ3) is 6.26. The van der Waals surface area contributed by atoms with E-state index in [1.54, 1.807) is 6.92 Å². The molecule has 0 fully saturated rings. The van der Waals surface area contributed by atoms with Gasteiger partial charge in [0.05, 0.1) is 12.0 Å². The van der Waals surface area contributed by atoms with Gasteiger partial charge in [0, 0.05) is 6.54 Å². The molecule has 0 radical (unpaired) electrons. The van der Waals surface area contributed by atoms with Gasteiger partial charge in [0.25, 0.3) is 0 Å². The Morgan fingerprint density at radius 1 is 1.35 bits per heavy atom. The standard InChI is InChI=1S/C12H24N2O3/c1-8(11(16)17)6-5-7-14-10(15)9(13)12(2,3)4/h8-9H,5-7,13H2,1-4H3,(H,14,15)(H,16,17)/t8?,9-/m0/s1. The zero-order chi connectivity index (χ0) is 13.6. The lowest BCUT2D eigenvalue weighted by atomic mass is 9.87. The van der Waals surface area contributed by atoms with E-state index in [0.29, 0.717) is 19.4 Å². The highest BCUT2D eigenvalue weighted by Crippen LogP contribution is 2.17. The fourth-order valence-electron chi connectivity index (χ4n) is 1.25. The van der Waals surface area contributed by atoms with E-state index in [4.69, 9.17) is 10.8 Å². The van der Waals surface area contributed by atoms with E-state index >= 15 is 0 Å². The molecule has 1 amide bonds. The number of nitrogens with one attached hydrogen (secondary N) is 1. The highest BCUT2D eigenvalue weighted by Gasteiger charge is 2.26. The Hall–Kier alpha value is -1.10. The SMILES string of the molecule is CC(CCCNC(=O)[C@H](N)C(C)(C)C)C(=O)O. The summed E-state index contributed by atoms with van der Waals surface area (Å²) in [5.41, 5.74) is 5.51. The molecule has 5 heteroatoms. The van der Waals surface area contributed by atoms with Crippen LogP contribution in [0.15, 0.2) is 0 Å². The van der Waals surface area contributed by atoms with Gasteiger partial charge < -0.3 is 16.2 Å². The molecule has 0 aliphatic rings. The minimum absolute atomic E-state index is 0.180. The van der Waals surface area contributed by atoms with Crippen molar-refractivity contribution >= 4 is 11.9 Å². The lowest BCUT2D eigenvalue weighted by Crippen LogP contribution is -2.48. The molecule has 5 nitrogen and oxygen atoms in total. The van der Waals surface area contributed by atoms with Crippen molar-refractivity contribution in [2.45, 2.75) is 46.6 Å². The molecule has 0 aliphatic carbocycles. The third-order valence-corrected chi connectivity index (χ3v) is 2.75. The average molecular weight is 244 g/mol. The third-order valence-electron chi connectivity index (χ3n) is 2.75. The maximum atomic E-state index is 11.6. The molecule has 0 saturated carbocycles. The van der Waals surface area contributed by atoms with E-state index in [2.05, 4.69) is 5.32 Å². The first kappa shape index (κ1) is 15.9. The lowest BCUT2D eigenvalue weighted by molar-refractivity contribution is -0.141. The lowest BCUT2D eigenvalue weighted by Gasteiger charge is -2.25. The van der Waals surface area contributed by atoms with Gasteiger partial charge in [-0.25, -0.2) is 0 Å². The number of amides is 1. The maximum Gasteiger partial charge on any atom is 0.306 e. The van der Waals surface area contributed by atoms with Gasteiger partial charge in [-0.05, 0) is 18.3 Å². The maximum absolute atomic E-state index is 11.6. The fourth-order valence-corrected chi connectivity index (χ4v) is 1.25. The highest BCUT2D eigenvalue weighted by atomic mass is 16.4. The first-order valence-electron chi connectivity index (χ1n) is 5.92. The second kappa shape index (κ2) is 6.59. The summed E-state index contributed by atoms with van der Waals surface area (Å²) >= 11 is 0. The Bertz CT molecular complexity index is 271. The van der Waals surface area contributed by atoms with E-state index in [1.165, 1.54) is 0 Å². The van der Waals surface area contributed by atoms with Crippen LogP contribution >= 0.6 is 0 Å². The van der Waals surface area contributed by atoms with Crippen LogP contribution in [-0.4, -0.2) is 29.6 Å². The number of nitrogens with two attached hydrogens (primary N) is 1. The number of hydrogen-bond donors (Lipinski definition) is 3. The predicted molar refractivity (Wildman–Crippen MR) is 66.5 cm³/mol. The Morgan fingerprint density at radius 3 is 2.29 bits per heavy atom. The highest BCUT2D eigenvalue weighted by molar-refractivity contribution is 5.82. The molecule has 0 aromatic heterocycles. The summed E-state index contributed by atoms with van der Waals surface area (Å²) in [5.74, 6) is -1.36. The molecule has 1 unspecified atom stereocenters. The van der Waals surface area contributed by atoms with E-state index in [1.807, 2.05) is 20.8 Å². The van der Waals surface area contributed by atoms with Crippen LogP contribution in [0.5, 0.6) is 0 Å². The van der Waals surface area contributed by atoms with Crippen molar-refractivity contribution in [1.29, 1.82) is 0 Å². The van der Waals surface area contributed by atoms with Gasteiger partial charge in [-0.2, -0.15) is 0 Å². The first-order valence-corrected chi connectivity index (χ1v) is 5.92. The quantitative estimate of drug-likeness (QED) is 0.607. The van der Waals surface area contributed by atoms with Crippen LogP contribution in [0.3, 0.4) is 0 Å². The second-order valence-corrected chi connectivity index (χ2v) is 5.52. The van der Waals surface area contributed by atoms with Crippen molar-refractivity contribution < 1.29 is 14.7 Å². The molecular weight excluding hydrogens is 220 g/mol. The Labute approximate surface area is 103 Å². The molecule has 0 spiro atoms.